The van der Waals surface area contributed by atoms with Gasteiger partial charge >= 0.3 is 5.97 Å². The van der Waals surface area contributed by atoms with Crippen molar-refractivity contribution in [3.05, 3.63) is 29.6 Å². The summed E-state index contributed by atoms with van der Waals surface area (Å²) in [4.78, 5) is 14.9. The van der Waals surface area contributed by atoms with E-state index < -0.39 is 5.97 Å². The molecule has 3 heteroatoms. The van der Waals surface area contributed by atoms with E-state index in [1.165, 1.54) is 38.3 Å². The van der Waals surface area contributed by atoms with Crippen molar-refractivity contribution in [2.24, 2.45) is 5.92 Å². The molecule has 1 aliphatic carbocycles. The van der Waals surface area contributed by atoms with Gasteiger partial charge in [-0.05, 0) is 24.5 Å². The van der Waals surface area contributed by atoms with Crippen LogP contribution in [0.2, 0.25) is 0 Å². The number of carbonyl (C=O) groups is 1. The summed E-state index contributed by atoms with van der Waals surface area (Å²) in [5.74, 6) is -0.159. The molecule has 3 nitrogen and oxygen atoms in total. The Labute approximate surface area is 95.5 Å². The molecule has 86 valence electrons. The summed E-state index contributed by atoms with van der Waals surface area (Å²) in [7, 11) is 0. The third-order valence-corrected chi connectivity index (χ3v) is 3.29. The number of pyridine rings is 1. The molecular formula is C13H17NO2. The molecule has 2 rings (SSSR count). The largest absolute Gasteiger partial charge is 0.478 e. The molecule has 0 aliphatic heterocycles. The minimum Gasteiger partial charge on any atom is -0.478 e. The summed E-state index contributed by atoms with van der Waals surface area (Å²) >= 11 is 0. The fraction of sp³-hybridized carbons (Fsp3) is 0.538. The van der Waals surface area contributed by atoms with Crippen LogP contribution in [0.15, 0.2) is 18.3 Å². The lowest BCUT2D eigenvalue weighted by Crippen LogP contribution is -2.10. The first kappa shape index (κ1) is 11.1. The van der Waals surface area contributed by atoms with Crippen LogP contribution in [0.1, 0.15) is 48.2 Å². The number of nitrogens with zero attached hydrogens (tertiary/aromatic N) is 1. The lowest BCUT2D eigenvalue weighted by atomic mass is 9.86. The summed E-state index contributed by atoms with van der Waals surface area (Å²) in [6.45, 7) is 0. The summed E-state index contributed by atoms with van der Waals surface area (Å²) in [6.07, 6.45) is 9.07. The van der Waals surface area contributed by atoms with Crippen LogP contribution in [0.25, 0.3) is 0 Å². The van der Waals surface area contributed by atoms with Gasteiger partial charge in [0, 0.05) is 11.9 Å². The van der Waals surface area contributed by atoms with E-state index in [9.17, 15) is 4.79 Å². The van der Waals surface area contributed by atoms with Crippen LogP contribution < -0.4 is 0 Å². The van der Waals surface area contributed by atoms with Crippen molar-refractivity contribution < 1.29 is 9.90 Å². The van der Waals surface area contributed by atoms with Gasteiger partial charge in [-0.1, -0.05) is 32.1 Å². The highest BCUT2D eigenvalue weighted by Crippen LogP contribution is 2.26. The van der Waals surface area contributed by atoms with Crippen LogP contribution >= 0.6 is 0 Å². The van der Waals surface area contributed by atoms with Gasteiger partial charge in [0.15, 0.2) is 0 Å². The number of carboxylic acids is 1. The number of hydrogen-bond donors (Lipinski definition) is 1. The molecule has 0 atom stereocenters. The molecule has 0 spiro atoms. The molecule has 1 heterocycles. The van der Waals surface area contributed by atoms with Crippen LogP contribution in [0.3, 0.4) is 0 Å². The topological polar surface area (TPSA) is 50.2 Å². The molecule has 0 bridgehead atoms. The molecule has 1 aromatic heterocycles. The van der Waals surface area contributed by atoms with Gasteiger partial charge in [0.05, 0.1) is 5.56 Å². The lowest BCUT2D eigenvalue weighted by Gasteiger charge is -2.20. The number of carboxylic acid groups (broad SMARTS) is 1. The second kappa shape index (κ2) is 5.10. The van der Waals surface area contributed by atoms with Gasteiger partial charge in [-0.2, -0.15) is 0 Å². The third-order valence-electron chi connectivity index (χ3n) is 3.29. The van der Waals surface area contributed by atoms with E-state index >= 15 is 0 Å². The van der Waals surface area contributed by atoms with Crippen molar-refractivity contribution in [1.29, 1.82) is 0 Å². The first-order valence-electron chi connectivity index (χ1n) is 5.94. The van der Waals surface area contributed by atoms with Gasteiger partial charge in [-0.25, -0.2) is 4.79 Å². The van der Waals surface area contributed by atoms with E-state index in [1.54, 1.807) is 6.07 Å². The first-order valence-corrected chi connectivity index (χ1v) is 5.94. The average molecular weight is 219 g/mol. The molecule has 1 fully saturated rings. The Morgan fingerprint density at radius 3 is 2.62 bits per heavy atom. The van der Waals surface area contributed by atoms with Crippen LogP contribution in [0.5, 0.6) is 0 Å². The molecule has 1 aliphatic rings. The number of hydrogen-bond acceptors (Lipinski definition) is 2. The molecule has 0 saturated heterocycles. The quantitative estimate of drug-likeness (QED) is 0.850. The van der Waals surface area contributed by atoms with Crippen LogP contribution in [0, 0.1) is 5.92 Å². The second-order valence-electron chi connectivity index (χ2n) is 4.55. The predicted octanol–water partition coefficient (Wildman–Crippen LogP) is 2.90. The van der Waals surface area contributed by atoms with Gasteiger partial charge in [-0.15, -0.1) is 0 Å². The maximum atomic E-state index is 10.7. The maximum absolute atomic E-state index is 10.7. The Kier molecular flexibility index (Phi) is 3.54. The minimum absolute atomic E-state index is 0.271. The van der Waals surface area contributed by atoms with Crippen LogP contribution in [0.4, 0.5) is 0 Å². The molecule has 16 heavy (non-hydrogen) atoms. The summed E-state index contributed by atoms with van der Waals surface area (Å²) in [5.41, 5.74) is 1.30. The van der Waals surface area contributed by atoms with Gasteiger partial charge in [0.2, 0.25) is 0 Å². The smallest absolute Gasteiger partial charge is 0.337 e. The fourth-order valence-corrected chi connectivity index (χ4v) is 2.36. The van der Waals surface area contributed by atoms with Crippen molar-refractivity contribution in [3.63, 3.8) is 0 Å². The highest BCUT2D eigenvalue weighted by molar-refractivity contribution is 5.87. The first-order chi connectivity index (χ1) is 7.75. The van der Waals surface area contributed by atoms with Gasteiger partial charge in [0.25, 0.3) is 0 Å². The number of aromatic nitrogens is 1. The normalized spacial score (nSPS) is 17.2. The number of rotatable bonds is 3. The van der Waals surface area contributed by atoms with Crippen molar-refractivity contribution in [2.75, 3.05) is 0 Å². The van der Waals surface area contributed by atoms with E-state index in [2.05, 4.69) is 4.98 Å². The molecule has 1 N–H and O–H groups in total. The fourth-order valence-electron chi connectivity index (χ4n) is 2.36. The van der Waals surface area contributed by atoms with E-state index in [0.717, 1.165) is 18.0 Å². The van der Waals surface area contributed by atoms with Crippen molar-refractivity contribution in [1.82, 2.24) is 4.98 Å². The SMILES string of the molecule is O=C(O)c1ccc(CC2CCCCC2)nc1. The monoisotopic (exact) mass is 219 g/mol. The van der Waals surface area contributed by atoms with Crippen molar-refractivity contribution in [3.8, 4) is 0 Å². The van der Waals surface area contributed by atoms with Crippen LogP contribution in [-0.4, -0.2) is 16.1 Å². The zero-order valence-corrected chi connectivity index (χ0v) is 9.35. The summed E-state index contributed by atoms with van der Waals surface area (Å²) < 4.78 is 0. The van der Waals surface area contributed by atoms with Crippen LogP contribution in [-0.2, 0) is 6.42 Å². The highest BCUT2D eigenvalue weighted by atomic mass is 16.4. The number of aromatic carboxylic acids is 1. The second-order valence-corrected chi connectivity index (χ2v) is 4.55. The van der Waals surface area contributed by atoms with E-state index in [4.69, 9.17) is 5.11 Å². The predicted molar refractivity (Wildman–Crippen MR) is 61.5 cm³/mol. The van der Waals surface area contributed by atoms with Gasteiger partial charge in [-0.3, -0.25) is 4.98 Å². The maximum Gasteiger partial charge on any atom is 0.337 e. The van der Waals surface area contributed by atoms with E-state index in [-0.39, 0.29) is 5.56 Å². The molecular weight excluding hydrogens is 202 g/mol. The molecule has 1 saturated carbocycles. The Balaban J connectivity index is 1.96. The molecule has 0 amide bonds. The van der Waals surface area contributed by atoms with Gasteiger partial charge < -0.3 is 5.11 Å². The van der Waals surface area contributed by atoms with E-state index in [1.807, 2.05) is 6.07 Å². The average Bonchev–Trinajstić information content (AvgIpc) is 2.31. The zero-order chi connectivity index (χ0) is 11.4. The Hall–Kier alpha value is -1.38. The Morgan fingerprint density at radius 1 is 1.31 bits per heavy atom. The Bertz CT molecular complexity index is 353. The molecule has 1 aromatic rings. The summed E-state index contributed by atoms with van der Waals surface area (Å²) in [6, 6.07) is 3.49. The molecule has 0 radical (unpaired) electrons. The standard InChI is InChI=1S/C13H17NO2/c15-13(16)11-6-7-12(14-9-11)8-10-4-2-1-3-5-10/h6-7,9-10H,1-5,8H2,(H,15,16). The third kappa shape index (κ3) is 2.81. The lowest BCUT2D eigenvalue weighted by molar-refractivity contribution is 0.0696. The van der Waals surface area contributed by atoms with Crippen molar-refractivity contribution in [2.45, 2.75) is 38.5 Å². The minimum atomic E-state index is -0.906. The van der Waals surface area contributed by atoms with Crippen molar-refractivity contribution >= 4 is 5.97 Å². The Morgan fingerprint density at radius 2 is 2.06 bits per heavy atom. The van der Waals surface area contributed by atoms with E-state index in [0.29, 0.717) is 0 Å². The summed E-state index contributed by atoms with van der Waals surface area (Å²) in [5, 5.41) is 8.76. The highest BCUT2D eigenvalue weighted by Gasteiger charge is 2.14. The zero-order valence-electron chi connectivity index (χ0n) is 9.35. The molecule has 0 unspecified atom stereocenters. The molecule has 0 aromatic carbocycles. The van der Waals surface area contributed by atoms with Gasteiger partial charge in [0.1, 0.15) is 0 Å².